The molecule has 0 N–H and O–H groups in total. The first-order valence-corrected chi connectivity index (χ1v) is 6.99. The smallest absolute Gasteiger partial charge is 0.192 e. The van der Waals surface area contributed by atoms with Gasteiger partial charge in [0.05, 0.1) is 19.3 Å². The molecule has 104 valence electrons. The maximum absolute atomic E-state index is 12.1. The molecule has 0 aliphatic carbocycles. The molecule has 2 aromatic rings. The van der Waals surface area contributed by atoms with Crippen molar-refractivity contribution in [3.63, 3.8) is 0 Å². The van der Waals surface area contributed by atoms with Gasteiger partial charge in [0.1, 0.15) is 12.4 Å². The molecule has 4 heteroatoms. The largest absolute Gasteiger partial charge is 0.496 e. The number of ether oxygens (including phenoxy) is 2. The minimum atomic E-state index is -0.0884. The second kappa shape index (κ2) is 7.22. The fraction of sp³-hybridized carbons (Fsp3) is 0.188. The van der Waals surface area contributed by atoms with Crippen LogP contribution in [0.4, 0.5) is 0 Å². The zero-order valence-corrected chi connectivity index (χ0v) is 12.7. The number of ketones is 1. The van der Waals surface area contributed by atoms with E-state index in [1.165, 1.54) is 0 Å². The molecule has 0 amide bonds. The minimum absolute atomic E-state index is 0.0295. The highest BCUT2D eigenvalue weighted by atomic mass is 79.9. The molecule has 0 atom stereocenters. The van der Waals surface area contributed by atoms with Crippen LogP contribution in [0.1, 0.15) is 15.9 Å². The summed E-state index contributed by atoms with van der Waals surface area (Å²) in [4.78, 5) is 12.1. The molecular formula is C16H15BrO3. The van der Waals surface area contributed by atoms with Gasteiger partial charge in [0.2, 0.25) is 0 Å². The summed E-state index contributed by atoms with van der Waals surface area (Å²) in [6, 6.07) is 14.9. The van der Waals surface area contributed by atoms with Gasteiger partial charge < -0.3 is 9.47 Å². The molecule has 0 fully saturated rings. The van der Waals surface area contributed by atoms with E-state index in [1.807, 2.05) is 36.4 Å². The number of carbonyl (C=O) groups is 1. The first kappa shape index (κ1) is 14.8. The van der Waals surface area contributed by atoms with Gasteiger partial charge in [-0.2, -0.15) is 0 Å². The van der Waals surface area contributed by atoms with Crippen LogP contribution >= 0.6 is 15.9 Å². The van der Waals surface area contributed by atoms with Gasteiger partial charge in [-0.1, -0.05) is 46.3 Å². The zero-order valence-electron chi connectivity index (χ0n) is 11.1. The van der Waals surface area contributed by atoms with Crippen molar-refractivity contribution in [2.45, 2.75) is 6.61 Å². The molecular weight excluding hydrogens is 320 g/mol. The van der Waals surface area contributed by atoms with Crippen molar-refractivity contribution in [3.05, 3.63) is 64.1 Å². The van der Waals surface area contributed by atoms with Gasteiger partial charge in [-0.25, -0.2) is 0 Å². The average molecular weight is 335 g/mol. The number of rotatable bonds is 6. The predicted molar refractivity (Wildman–Crippen MR) is 81.1 cm³/mol. The lowest BCUT2D eigenvalue weighted by molar-refractivity contribution is 0.0723. The van der Waals surface area contributed by atoms with Gasteiger partial charge in [-0.15, -0.1) is 0 Å². The van der Waals surface area contributed by atoms with Crippen molar-refractivity contribution in [2.24, 2.45) is 0 Å². The van der Waals surface area contributed by atoms with E-state index in [0.717, 1.165) is 10.0 Å². The van der Waals surface area contributed by atoms with Gasteiger partial charge in [0, 0.05) is 4.47 Å². The molecule has 0 radical (unpaired) electrons. The number of carbonyl (C=O) groups excluding carboxylic acids is 1. The van der Waals surface area contributed by atoms with Crippen molar-refractivity contribution < 1.29 is 14.3 Å². The maximum atomic E-state index is 12.1. The Balaban J connectivity index is 1.94. The highest BCUT2D eigenvalue weighted by Gasteiger charge is 2.11. The molecule has 0 saturated carbocycles. The fourth-order valence-electron chi connectivity index (χ4n) is 1.82. The summed E-state index contributed by atoms with van der Waals surface area (Å²) >= 11 is 3.45. The van der Waals surface area contributed by atoms with Crippen molar-refractivity contribution in [1.29, 1.82) is 0 Å². The predicted octanol–water partition coefficient (Wildman–Crippen LogP) is 3.86. The molecule has 0 saturated heterocycles. The van der Waals surface area contributed by atoms with Gasteiger partial charge in [-0.3, -0.25) is 4.79 Å². The molecule has 2 rings (SSSR count). The highest BCUT2D eigenvalue weighted by Crippen LogP contribution is 2.19. The third-order valence-electron chi connectivity index (χ3n) is 2.86. The van der Waals surface area contributed by atoms with E-state index in [-0.39, 0.29) is 12.4 Å². The number of halogens is 1. The third-order valence-corrected chi connectivity index (χ3v) is 3.63. The third kappa shape index (κ3) is 3.68. The van der Waals surface area contributed by atoms with Gasteiger partial charge in [-0.05, 0) is 23.8 Å². The van der Waals surface area contributed by atoms with Crippen LogP contribution in [-0.4, -0.2) is 19.5 Å². The quantitative estimate of drug-likeness (QED) is 0.752. The summed E-state index contributed by atoms with van der Waals surface area (Å²) in [7, 11) is 1.55. The molecule has 0 aliphatic rings. The SMILES string of the molecule is COc1ccccc1C(=O)COCc1ccccc1Br. The molecule has 20 heavy (non-hydrogen) atoms. The number of para-hydroxylation sites is 1. The Labute approximate surface area is 126 Å². The topological polar surface area (TPSA) is 35.5 Å². The Bertz CT molecular complexity index is 596. The Morgan fingerprint density at radius 2 is 1.80 bits per heavy atom. The Morgan fingerprint density at radius 1 is 1.10 bits per heavy atom. The summed E-state index contributed by atoms with van der Waals surface area (Å²) in [6.45, 7) is 0.421. The van der Waals surface area contributed by atoms with E-state index in [9.17, 15) is 4.79 Å². The van der Waals surface area contributed by atoms with E-state index in [1.54, 1.807) is 19.2 Å². The number of hydrogen-bond donors (Lipinski definition) is 0. The Hall–Kier alpha value is -1.65. The summed E-state index contributed by atoms with van der Waals surface area (Å²) in [5, 5.41) is 0. The molecule has 0 aliphatic heterocycles. The summed E-state index contributed by atoms with van der Waals surface area (Å²) < 4.78 is 11.6. The Kier molecular flexibility index (Phi) is 5.32. The molecule has 2 aromatic carbocycles. The van der Waals surface area contributed by atoms with E-state index < -0.39 is 0 Å². The first-order chi connectivity index (χ1) is 9.72. The highest BCUT2D eigenvalue weighted by molar-refractivity contribution is 9.10. The van der Waals surface area contributed by atoms with E-state index >= 15 is 0 Å². The summed E-state index contributed by atoms with van der Waals surface area (Å²) in [6.07, 6.45) is 0. The van der Waals surface area contributed by atoms with Crippen LogP contribution in [0.2, 0.25) is 0 Å². The minimum Gasteiger partial charge on any atom is -0.496 e. The second-order valence-corrected chi connectivity index (χ2v) is 5.06. The van der Waals surface area contributed by atoms with Crippen LogP contribution in [0.25, 0.3) is 0 Å². The van der Waals surface area contributed by atoms with Crippen molar-refractivity contribution >= 4 is 21.7 Å². The number of benzene rings is 2. The van der Waals surface area contributed by atoms with Crippen LogP contribution in [0, 0.1) is 0 Å². The Morgan fingerprint density at radius 3 is 2.55 bits per heavy atom. The van der Waals surface area contributed by atoms with E-state index in [0.29, 0.717) is 17.9 Å². The lowest BCUT2D eigenvalue weighted by Crippen LogP contribution is -2.10. The van der Waals surface area contributed by atoms with Crippen molar-refractivity contribution in [3.8, 4) is 5.75 Å². The van der Waals surface area contributed by atoms with Crippen LogP contribution in [0.5, 0.6) is 5.75 Å². The summed E-state index contributed by atoms with van der Waals surface area (Å²) in [5.41, 5.74) is 1.56. The van der Waals surface area contributed by atoms with Gasteiger partial charge in [0.25, 0.3) is 0 Å². The van der Waals surface area contributed by atoms with Crippen molar-refractivity contribution in [2.75, 3.05) is 13.7 Å². The van der Waals surface area contributed by atoms with Gasteiger partial charge >= 0.3 is 0 Å². The monoisotopic (exact) mass is 334 g/mol. The summed E-state index contributed by atoms with van der Waals surface area (Å²) in [5.74, 6) is 0.483. The molecule has 0 aromatic heterocycles. The number of Topliss-reactive ketones (excluding diaryl/α,β-unsaturated/α-hetero) is 1. The van der Waals surface area contributed by atoms with E-state index in [2.05, 4.69) is 15.9 Å². The van der Waals surface area contributed by atoms with Crippen molar-refractivity contribution in [1.82, 2.24) is 0 Å². The maximum Gasteiger partial charge on any atom is 0.192 e. The number of methoxy groups -OCH3 is 1. The van der Waals surface area contributed by atoms with Gasteiger partial charge in [0.15, 0.2) is 5.78 Å². The van der Waals surface area contributed by atoms with Crippen LogP contribution in [0.15, 0.2) is 53.0 Å². The fourth-order valence-corrected chi connectivity index (χ4v) is 2.22. The zero-order chi connectivity index (χ0) is 14.4. The van der Waals surface area contributed by atoms with Crippen LogP contribution in [0.3, 0.4) is 0 Å². The first-order valence-electron chi connectivity index (χ1n) is 6.19. The van der Waals surface area contributed by atoms with E-state index in [4.69, 9.17) is 9.47 Å². The molecule has 0 bridgehead atoms. The molecule has 3 nitrogen and oxygen atoms in total. The molecule has 0 unspecified atom stereocenters. The average Bonchev–Trinajstić information content (AvgIpc) is 2.49. The molecule has 0 spiro atoms. The standard InChI is InChI=1S/C16H15BrO3/c1-19-16-9-5-3-7-13(16)15(18)11-20-10-12-6-2-4-8-14(12)17/h2-9H,10-11H2,1H3. The lowest BCUT2D eigenvalue weighted by Gasteiger charge is -2.08. The molecule has 0 heterocycles. The number of hydrogen-bond acceptors (Lipinski definition) is 3. The lowest BCUT2D eigenvalue weighted by atomic mass is 10.1. The van der Waals surface area contributed by atoms with Crippen LogP contribution in [-0.2, 0) is 11.3 Å². The van der Waals surface area contributed by atoms with Crippen LogP contribution < -0.4 is 4.74 Å². The second-order valence-electron chi connectivity index (χ2n) is 4.21. The normalized spacial score (nSPS) is 10.3.